The van der Waals surface area contributed by atoms with Crippen molar-refractivity contribution < 1.29 is 14.6 Å². The van der Waals surface area contributed by atoms with Gasteiger partial charge in [-0.25, -0.2) is 14.9 Å². The summed E-state index contributed by atoms with van der Waals surface area (Å²) in [5.74, 6) is -1.23. The summed E-state index contributed by atoms with van der Waals surface area (Å²) < 4.78 is 5.24. The summed E-state index contributed by atoms with van der Waals surface area (Å²) in [5.41, 5.74) is -0.0594. The van der Waals surface area contributed by atoms with Crippen LogP contribution in [-0.2, 0) is 0 Å². The summed E-state index contributed by atoms with van der Waals surface area (Å²) in [4.78, 5) is 25.9. The molecular weight excluding hydrogens is 274 g/mol. The van der Waals surface area contributed by atoms with Gasteiger partial charge in [0.2, 0.25) is 5.88 Å². The number of carboxylic acid groups (broad SMARTS) is 1. The van der Waals surface area contributed by atoms with Crippen LogP contribution in [0.25, 0.3) is 0 Å². The van der Waals surface area contributed by atoms with Crippen LogP contribution in [0.5, 0.6) is 11.6 Å². The van der Waals surface area contributed by atoms with E-state index in [1.807, 2.05) is 0 Å². The highest BCUT2D eigenvalue weighted by Gasteiger charge is 2.12. The number of nitrogens with zero attached hydrogens (tertiary/aromatic N) is 2. The van der Waals surface area contributed by atoms with E-state index in [1.54, 1.807) is 6.92 Å². The maximum Gasteiger partial charge on any atom is 0.337 e. The molecule has 0 saturated heterocycles. The number of carbonyl (C=O) groups is 1. The van der Waals surface area contributed by atoms with Gasteiger partial charge in [-0.15, -0.1) is 0 Å². The second-order valence-electron chi connectivity index (χ2n) is 3.62. The van der Waals surface area contributed by atoms with Crippen LogP contribution >= 0.6 is 11.6 Å². The fraction of sp³-hybridized carbons (Fsp3) is 0.0909. The van der Waals surface area contributed by atoms with Gasteiger partial charge in [0.15, 0.2) is 5.75 Å². The number of halogens is 1. The number of carboxylic acids is 1. The van der Waals surface area contributed by atoms with Crippen molar-refractivity contribution >= 4 is 17.6 Å². The number of nitrogens with one attached hydrogen (secondary N) is 1. The van der Waals surface area contributed by atoms with E-state index in [9.17, 15) is 9.59 Å². The highest BCUT2D eigenvalue weighted by molar-refractivity contribution is 6.32. The number of hydrogen-bond donors (Lipinski definition) is 2. The molecule has 0 aromatic carbocycles. The summed E-state index contributed by atoms with van der Waals surface area (Å²) in [7, 11) is 0. The zero-order valence-corrected chi connectivity index (χ0v) is 10.4. The summed E-state index contributed by atoms with van der Waals surface area (Å²) in [6, 6.07) is 2.61. The first kappa shape index (κ1) is 13.0. The molecule has 98 valence electrons. The van der Waals surface area contributed by atoms with Gasteiger partial charge >= 0.3 is 11.5 Å². The smallest absolute Gasteiger partial charge is 0.337 e. The van der Waals surface area contributed by atoms with Crippen LogP contribution in [0, 0.1) is 6.92 Å². The largest absolute Gasteiger partial charge is 0.478 e. The number of H-pyrrole nitrogens is 1. The van der Waals surface area contributed by atoms with Crippen molar-refractivity contribution in [3.05, 3.63) is 45.0 Å². The van der Waals surface area contributed by atoms with E-state index in [-0.39, 0.29) is 22.2 Å². The van der Waals surface area contributed by atoms with E-state index in [2.05, 4.69) is 15.2 Å². The fourth-order valence-corrected chi connectivity index (χ4v) is 1.48. The van der Waals surface area contributed by atoms with E-state index in [1.165, 1.54) is 12.1 Å². The molecule has 2 aromatic heterocycles. The number of aromatic amines is 1. The van der Waals surface area contributed by atoms with Gasteiger partial charge in [0.05, 0.1) is 11.3 Å². The Morgan fingerprint density at radius 3 is 2.84 bits per heavy atom. The van der Waals surface area contributed by atoms with Gasteiger partial charge in [-0.05, 0) is 13.0 Å². The molecule has 0 fully saturated rings. The molecule has 0 aliphatic rings. The van der Waals surface area contributed by atoms with Crippen molar-refractivity contribution in [2.24, 2.45) is 0 Å². The van der Waals surface area contributed by atoms with E-state index < -0.39 is 11.5 Å². The average Bonchev–Trinajstić information content (AvgIpc) is 2.36. The second-order valence-corrected chi connectivity index (χ2v) is 4.03. The molecule has 2 heterocycles. The Hall–Kier alpha value is -2.41. The van der Waals surface area contributed by atoms with E-state index >= 15 is 0 Å². The normalized spacial score (nSPS) is 10.2. The highest BCUT2D eigenvalue weighted by atomic mass is 35.5. The summed E-state index contributed by atoms with van der Waals surface area (Å²) >= 11 is 5.84. The lowest BCUT2D eigenvalue weighted by atomic mass is 10.3. The first-order chi connectivity index (χ1) is 8.97. The van der Waals surface area contributed by atoms with Crippen LogP contribution in [0.15, 0.2) is 23.1 Å². The lowest BCUT2D eigenvalue weighted by Crippen LogP contribution is -2.11. The molecule has 0 radical (unpaired) electrons. The molecule has 0 amide bonds. The Balaban J connectivity index is 2.36. The Bertz CT molecular complexity index is 699. The number of rotatable bonds is 3. The zero-order chi connectivity index (χ0) is 14.0. The predicted molar refractivity (Wildman–Crippen MR) is 65.9 cm³/mol. The van der Waals surface area contributed by atoms with Crippen molar-refractivity contribution in [1.29, 1.82) is 0 Å². The van der Waals surface area contributed by atoms with E-state index in [0.717, 1.165) is 6.20 Å². The topological polar surface area (TPSA) is 105 Å². The number of aromatic carboxylic acids is 1. The Morgan fingerprint density at radius 1 is 1.47 bits per heavy atom. The minimum atomic E-state index is -1.15. The molecule has 0 atom stereocenters. The molecule has 0 unspecified atom stereocenters. The molecule has 0 aliphatic heterocycles. The third kappa shape index (κ3) is 2.89. The second kappa shape index (κ2) is 5.07. The fourth-order valence-electron chi connectivity index (χ4n) is 1.28. The van der Waals surface area contributed by atoms with E-state index in [4.69, 9.17) is 21.4 Å². The number of hydrogen-bond acceptors (Lipinski definition) is 5. The van der Waals surface area contributed by atoms with Crippen LogP contribution in [-0.4, -0.2) is 26.3 Å². The van der Waals surface area contributed by atoms with Crippen LogP contribution in [0.4, 0.5) is 0 Å². The van der Waals surface area contributed by atoms with Crippen molar-refractivity contribution in [1.82, 2.24) is 15.2 Å². The van der Waals surface area contributed by atoms with Crippen molar-refractivity contribution in [2.75, 3.05) is 0 Å². The summed E-state index contributed by atoms with van der Waals surface area (Å²) in [6.07, 6.45) is 1.09. The van der Waals surface area contributed by atoms with Crippen LogP contribution in [0.1, 0.15) is 16.1 Å². The molecule has 2 aromatic rings. The van der Waals surface area contributed by atoms with Gasteiger partial charge in [-0.1, -0.05) is 11.6 Å². The van der Waals surface area contributed by atoms with Crippen molar-refractivity contribution in [3.8, 4) is 11.6 Å². The summed E-state index contributed by atoms with van der Waals surface area (Å²) in [6.45, 7) is 1.67. The Labute approximate surface area is 111 Å². The van der Waals surface area contributed by atoms with Crippen molar-refractivity contribution in [3.63, 3.8) is 0 Å². The number of aryl methyl sites for hydroxylation is 1. The third-order valence-corrected chi connectivity index (χ3v) is 2.43. The molecule has 0 spiro atoms. The van der Waals surface area contributed by atoms with Crippen LogP contribution in [0.3, 0.4) is 0 Å². The van der Waals surface area contributed by atoms with Crippen LogP contribution in [0.2, 0.25) is 5.02 Å². The third-order valence-electron chi connectivity index (χ3n) is 2.16. The van der Waals surface area contributed by atoms with Crippen molar-refractivity contribution in [2.45, 2.75) is 6.92 Å². The number of aromatic nitrogens is 3. The molecule has 0 saturated carbocycles. The van der Waals surface area contributed by atoms with Gasteiger partial charge in [-0.3, -0.25) is 4.79 Å². The molecule has 19 heavy (non-hydrogen) atoms. The molecule has 2 rings (SSSR count). The molecule has 0 bridgehead atoms. The van der Waals surface area contributed by atoms with Gasteiger partial charge in [0.1, 0.15) is 5.02 Å². The van der Waals surface area contributed by atoms with Gasteiger partial charge < -0.3 is 9.84 Å². The first-order valence-corrected chi connectivity index (χ1v) is 5.48. The zero-order valence-electron chi connectivity index (χ0n) is 9.68. The number of ether oxygens (including phenoxy) is 1. The van der Waals surface area contributed by atoms with Gasteiger partial charge in [0.25, 0.3) is 0 Å². The lowest BCUT2D eigenvalue weighted by Gasteiger charge is -2.06. The SMILES string of the molecule is Cc1cc(Oc2ncc(C(=O)O)cc2Cl)c(=O)[nH]n1. The average molecular weight is 282 g/mol. The van der Waals surface area contributed by atoms with Gasteiger partial charge in [-0.2, -0.15) is 5.10 Å². The Morgan fingerprint density at radius 2 is 2.21 bits per heavy atom. The maximum atomic E-state index is 11.5. The predicted octanol–water partition coefficient (Wildman–Crippen LogP) is 1.62. The maximum absolute atomic E-state index is 11.5. The molecule has 8 heteroatoms. The standard InChI is InChI=1S/C11H8ClN3O4/c1-5-2-8(9(16)15-14-5)19-10-7(12)3-6(4-13-10)11(17)18/h2-4H,1H3,(H,15,16)(H,17,18). The molecule has 7 nitrogen and oxygen atoms in total. The minimum Gasteiger partial charge on any atom is -0.478 e. The first-order valence-electron chi connectivity index (χ1n) is 5.10. The van der Waals surface area contributed by atoms with Crippen LogP contribution < -0.4 is 10.3 Å². The molecular formula is C11H8ClN3O4. The van der Waals surface area contributed by atoms with Gasteiger partial charge in [0, 0.05) is 12.3 Å². The molecule has 2 N–H and O–H groups in total. The number of pyridine rings is 1. The minimum absolute atomic E-state index is 0.00577. The highest BCUT2D eigenvalue weighted by Crippen LogP contribution is 2.26. The van der Waals surface area contributed by atoms with E-state index in [0.29, 0.717) is 5.69 Å². The lowest BCUT2D eigenvalue weighted by molar-refractivity contribution is 0.0696. The monoisotopic (exact) mass is 281 g/mol. The molecule has 0 aliphatic carbocycles. The summed E-state index contributed by atoms with van der Waals surface area (Å²) in [5, 5.41) is 14.7. The Kier molecular flexibility index (Phi) is 3.48. The quantitative estimate of drug-likeness (QED) is 0.885.